The number of unbranched alkanes of at least 4 members (excludes halogenated alkanes) is 1. The molecule has 0 aliphatic carbocycles. The maximum absolute atomic E-state index is 10.7. The minimum absolute atomic E-state index is 0.179. The lowest BCUT2D eigenvalue weighted by atomic mass is 10.2. The molecular formula is C11H13N3O2. The van der Waals surface area contributed by atoms with Crippen LogP contribution in [0.1, 0.15) is 35.9 Å². The molecule has 0 aliphatic heterocycles. The molecule has 0 aromatic carbocycles. The Labute approximate surface area is 92.5 Å². The van der Waals surface area contributed by atoms with Crippen LogP contribution in [0, 0.1) is 0 Å². The maximum atomic E-state index is 10.7. The third-order valence-corrected chi connectivity index (χ3v) is 2.40. The Morgan fingerprint density at radius 1 is 1.56 bits per heavy atom. The van der Waals surface area contributed by atoms with Crippen LogP contribution in [-0.2, 0) is 6.42 Å². The number of nitrogens with one attached hydrogen (secondary N) is 1. The SMILES string of the molecule is CCCCc1nc2ncc(C(=O)O)cc2[nH]1. The predicted molar refractivity (Wildman–Crippen MR) is 59.5 cm³/mol. The van der Waals surface area contributed by atoms with E-state index in [1.807, 2.05) is 0 Å². The molecule has 2 heterocycles. The summed E-state index contributed by atoms with van der Waals surface area (Å²) < 4.78 is 0. The first-order valence-corrected chi connectivity index (χ1v) is 5.28. The average Bonchev–Trinajstić information content (AvgIpc) is 2.67. The van der Waals surface area contributed by atoms with Crippen molar-refractivity contribution < 1.29 is 9.90 Å². The molecule has 5 nitrogen and oxygen atoms in total. The molecule has 0 fully saturated rings. The van der Waals surface area contributed by atoms with Gasteiger partial charge < -0.3 is 10.1 Å². The Hall–Kier alpha value is -1.91. The van der Waals surface area contributed by atoms with E-state index in [4.69, 9.17) is 5.11 Å². The van der Waals surface area contributed by atoms with E-state index in [1.54, 1.807) is 6.07 Å². The third-order valence-electron chi connectivity index (χ3n) is 2.40. The fraction of sp³-hybridized carbons (Fsp3) is 0.364. The van der Waals surface area contributed by atoms with Gasteiger partial charge >= 0.3 is 5.97 Å². The summed E-state index contributed by atoms with van der Waals surface area (Å²) in [5.74, 6) is -0.106. The van der Waals surface area contributed by atoms with Crippen molar-refractivity contribution in [2.75, 3.05) is 0 Å². The molecule has 2 aromatic rings. The van der Waals surface area contributed by atoms with Crippen LogP contribution in [0.15, 0.2) is 12.3 Å². The van der Waals surface area contributed by atoms with E-state index in [9.17, 15) is 4.79 Å². The molecule has 0 saturated carbocycles. The van der Waals surface area contributed by atoms with Crippen molar-refractivity contribution in [3.8, 4) is 0 Å². The average molecular weight is 219 g/mol. The van der Waals surface area contributed by atoms with Gasteiger partial charge in [-0.25, -0.2) is 14.8 Å². The number of aromatic nitrogens is 3. The van der Waals surface area contributed by atoms with Crippen LogP contribution in [0.2, 0.25) is 0 Å². The first-order valence-electron chi connectivity index (χ1n) is 5.28. The highest BCUT2D eigenvalue weighted by molar-refractivity contribution is 5.90. The van der Waals surface area contributed by atoms with Crippen LogP contribution in [0.25, 0.3) is 11.2 Å². The van der Waals surface area contributed by atoms with Gasteiger partial charge in [0.15, 0.2) is 5.65 Å². The van der Waals surface area contributed by atoms with Crippen LogP contribution in [0.5, 0.6) is 0 Å². The van der Waals surface area contributed by atoms with Gasteiger partial charge in [-0.1, -0.05) is 13.3 Å². The molecule has 84 valence electrons. The zero-order valence-electron chi connectivity index (χ0n) is 9.03. The second-order valence-corrected chi connectivity index (χ2v) is 3.69. The summed E-state index contributed by atoms with van der Waals surface area (Å²) in [6.07, 6.45) is 4.36. The number of carboxylic acid groups (broad SMARTS) is 1. The number of aryl methyl sites for hydroxylation is 1. The summed E-state index contributed by atoms with van der Waals surface area (Å²) in [6.45, 7) is 2.11. The van der Waals surface area contributed by atoms with Crippen molar-refractivity contribution in [2.24, 2.45) is 0 Å². The minimum atomic E-state index is -0.973. The number of hydrogen-bond donors (Lipinski definition) is 2. The zero-order valence-corrected chi connectivity index (χ0v) is 9.03. The van der Waals surface area contributed by atoms with E-state index in [0.717, 1.165) is 25.1 Å². The largest absolute Gasteiger partial charge is 0.478 e. The molecule has 2 aromatic heterocycles. The highest BCUT2D eigenvalue weighted by Gasteiger charge is 2.08. The second kappa shape index (κ2) is 4.30. The van der Waals surface area contributed by atoms with E-state index in [1.165, 1.54) is 6.20 Å². The highest BCUT2D eigenvalue weighted by atomic mass is 16.4. The van der Waals surface area contributed by atoms with Gasteiger partial charge in [-0.05, 0) is 12.5 Å². The number of fused-ring (bicyclic) bond motifs is 1. The van der Waals surface area contributed by atoms with Gasteiger partial charge in [0.2, 0.25) is 0 Å². The van der Waals surface area contributed by atoms with Crippen molar-refractivity contribution in [1.82, 2.24) is 15.0 Å². The molecule has 0 amide bonds. The molecule has 16 heavy (non-hydrogen) atoms. The standard InChI is InChI=1S/C11H13N3O2/c1-2-3-4-9-13-8-5-7(11(15)16)6-12-10(8)14-9/h5-6H,2-4H2,1H3,(H,15,16)(H,12,13,14). The van der Waals surface area contributed by atoms with E-state index in [2.05, 4.69) is 21.9 Å². The van der Waals surface area contributed by atoms with E-state index >= 15 is 0 Å². The quantitative estimate of drug-likeness (QED) is 0.824. The first kappa shape index (κ1) is 10.6. The van der Waals surface area contributed by atoms with Crippen molar-refractivity contribution in [2.45, 2.75) is 26.2 Å². The lowest BCUT2D eigenvalue weighted by molar-refractivity contribution is 0.0696. The molecule has 0 atom stereocenters. The van der Waals surface area contributed by atoms with Crippen LogP contribution < -0.4 is 0 Å². The normalized spacial score (nSPS) is 10.8. The van der Waals surface area contributed by atoms with E-state index in [0.29, 0.717) is 11.2 Å². The number of aromatic carboxylic acids is 1. The molecule has 0 radical (unpaired) electrons. The predicted octanol–water partition coefficient (Wildman–Crippen LogP) is 2.00. The molecule has 0 saturated heterocycles. The van der Waals surface area contributed by atoms with Gasteiger partial charge in [0.1, 0.15) is 5.82 Å². The van der Waals surface area contributed by atoms with E-state index in [-0.39, 0.29) is 5.56 Å². The highest BCUT2D eigenvalue weighted by Crippen LogP contribution is 2.12. The molecule has 2 N–H and O–H groups in total. The molecule has 0 aliphatic rings. The molecule has 2 rings (SSSR count). The van der Waals surface area contributed by atoms with Gasteiger partial charge in [-0.15, -0.1) is 0 Å². The van der Waals surface area contributed by atoms with Crippen LogP contribution in [0.4, 0.5) is 0 Å². The third kappa shape index (κ3) is 2.03. The summed E-state index contributed by atoms with van der Waals surface area (Å²) in [4.78, 5) is 22.1. The fourth-order valence-electron chi connectivity index (χ4n) is 1.53. The maximum Gasteiger partial charge on any atom is 0.337 e. The number of hydrogen-bond acceptors (Lipinski definition) is 3. The van der Waals surface area contributed by atoms with Gasteiger partial charge in [0, 0.05) is 12.6 Å². The number of rotatable bonds is 4. The molecule has 0 spiro atoms. The first-order chi connectivity index (χ1) is 7.70. The second-order valence-electron chi connectivity index (χ2n) is 3.69. The van der Waals surface area contributed by atoms with E-state index < -0.39 is 5.97 Å². The van der Waals surface area contributed by atoms with Crippen molar-refractivity contribution in [3.63, 3.8) is 0 Å². The smallest absolute Gasteiger partial charge is 0.337 e. The number of carbonyl (C=O) groups is 1. The Morgan fingerprint density at radius 3 is 3.06 bits per heavy atom. The molecule has 0 bridgehead atoms. The number of pyridine rings is 1. The fourth-order valence-corrected chi connectivity index (χ4v) is 1.53. The topological polar surface area (TPSA) is 78.9 Å². The number of carboxylic acids is 1. The van der Waals surface area contributed by atoms with Crippen LogP contribution >= 0.6 is 0 Å². The summed E-state index contributed by atoms with van der Waals surface area (Å²) in [5.41, 5.74) is 1.44. The van der Waals surface area contributed by atoms with Gasteiger partial charge in [-0.3, -0.25) is 0 Å². The lowest BCUT2D eigenvalue weighted by Gasteiger charge is -1.92. The number of nitrogens with zero attached hydrogens (tertiary/aromatic N) is 2. The Bertz CT molecular complexity index is 519. The van der Waals surface area contributed by atoms with Crippen LogP contribution in [0.3, 0.4) is 0 Å². The minimum Gasteiger partial charge on any atom is -0.478 e. The molecular weight excluding hydrogens is 206 g/mol. The van der Waals surface area contributed by atoms with Crippen molar-refractivity contribution in [1.29, 1.82) is 0 Å². The lowest BCUT2D eigenvalue weighted by Crippen LogP contribution is -1.96. The molecule has 5 heteroatoms. The van der Waals surface area contributed by atoms with Crippen molar-refractivity contribution >= 4 is 17.1 Å². The van der Waals surface area contributed by atoms with Gasteiger partial charge in [-0.2, -0.15) is 0 Å². The van der Waals surface area contributed by atoms with Gasteiger partial charge in [0.05, 0.1) is 11.1 Å². The number of aromatic amines is 1. The molecule has 0 unspecified atom stereocenters. The summed E-state index contributed by atoms with van der Waals surface area (Å²) >= 11 is 0. The Morgan fingerprint density at radius 2 is 2.38 bits per heavy atom. The Kier molecular flexibility index (Phi) is 2.85. The summed E-state index contributed by atoms with van der Waals surface area (Å²) in [6, 6.07) is 1.56. The summed E-state index contributed by atoms with van der Waals surface area (Å²) in [7, 11) is 0. The number of imidazole rings is 1. The zero-order chi connectivity index (χ0) is 11.5. The van der Waals surface area contributed by atoms with Crippen LogP contribution in [-0.4, -0.2) is 26.0 Å². The van der Waals surface area contributed by atoms with Crippen molar-refractivity contribution in [3.05, 3.63) is 23.7 Å². The van der Waals surface area contributed by atoms with Gasteiger partial charge in [0.25, 0.3) is 0 Å². The summed E-state index contributed by atoms with van der Waals surface area (Å²) in [5, 5.41) is 8.82. The monoisotopic (exact) mass is 219 g/mol. The number of H-pyrrole nitrogens is 1. The Balaban J connectivity index is 2.34.